The van der Waals surface area contributed by atoms with Crippen molar-refractivity contribution >= 4 is 0 Å². The van der Waals surface area contributed by atoms with Crippen LogP contribution in [0.5, 0.6) is 0 Å². The quantitative estimate of drug-likeness (QED) is 0.657. The van der Waals surface area contributed by atoms with Gasteiger partial charge >= 0.3 is 0 Å². The number of rotatable bonds is 0. The monoisotopic (exact) mass is 300 g/mol. The van der Waals surface area contributed by atoms with E-state index in [2.05, 4.69) is 6.92 Å². The molecule has 8 atom stereocenters. The fraction of sp³-hybridized carbons (Fsp3) is 1.00. The second kappa shape index (κ2) is 4.19. The highest BCUT2D eigenvalue weighted by Crippen LogP contribution is 2.61. The van der Waals surface area contributed by atoms with Crippen LogP contribution in [-0.4, -0.2) is 39.8 Å². The number of fused-ring (bicyclic) bond motifs is 2. The largest absolute Gasteiger partial charge is 0.384 e. The summed E-state index contributed by atoms with van der Waals surface area (Å²) in [6, 6.07) is 0. The molecular formula is C15H24O6. The van der Waals surface area contributed by atoms with Crippen LogP contribution >= 0.6 is 0 Å². The third kappa shape index (κ3) is 1.69. The van der Waals surface area contributed by atoms with E-state index in [-0.39, 0.29) is 11.8 Å². The molecule has 4 saturated heterocycles. The Morgan fingerprint density at radius 1 is 1.10 bits per heavy atom. The Morgan fingerprint density at radius 3 is 2.62 bits per heavy atom. The van der Waals surface area contributed by atoms with Crippen molar-refractivity contribution in [1.29, 1.82) is 0 Å². The van der Waals surface area contributed by atoms with E-state index in [0.717, 1.165) is 19.3 Å². The van der Waals surface area contributed by atoms with Gasteiger partial charge in [0.2, 0.25) is 5.79 Å². The number of aliphatic hydroxyl groups excluding tert-OH is 1. The predicted octanol–water partition coefficient (Wildman–Crippen LogP) is 1.30. The maximum Gasteiger partial charge on any atom is 0.201 e. The minimum atomic E-state index is -1.38. The molecule has 5 rings (SSSR count). The summed E-state index contributed by atoms with van der Waals surface area (Å²) in [5.74, 6) is -0.501. The van der Waals surface area contributed by atoms with E-state index >= 15 is 0 Å². The molecule has 6 nitrogen and oxygen atoms in total. The maximum atomic E-state index is 10.8. The van der Waals surface area contributed by atoms with Crippen molar-refractivity contribution in [2.24, 2.45) is 17.8 Å². The lowest BCUT2D eigenvalue weighted by Gasteiger charge is -2.61. The molecule has 120 valence electrons. The van der Waals surface area contributed by atoms with Gasteiger partial charge in [0.05, 0.1) is 0 Å². The highest BCUT2D eigenvalue weighted by molar-refractivity contribution is 5.13. The summed E-state index contributed by atoms with van der Waals surface area (Å²) in [6.07, 6.45) is 1.39. The normalized spacial score (nSPS) is 63.0. The van der Waals surface area contributed by atoms with Crippen LogP contribution in [0, 0.1) is 17.8 Å². The van der Waals surface area contributed by atoms with Crippen LogP contribution in [0.15, 0.2) is 0 Å². The number of hydrogen-bond donors (Lipinski definition) is 2. The van der Waals surface area contributed by atoms with E-state index in [1.165, 1.54) is 0 Å². The van der Waals surface area contributed by atoms with Crippen LogP contribution in [0.2, 0.25) is 0 Å². The molecule has 6 heteroatoms. The zero-order valence-electron chi connectivity index (χ0n) is 12.7. The molecule has 4 heterocycles. The van der Waals surface area contributed by atoms with Crippen LogP contribution < -0.4 is 0 Å². The zero-order valence-corrected chi connectivity index (χ0v) is 12.7. The van der Waals surface area contributed by atoms with E-state index in [9.17, 15) is 10.2 Å². The third-order valence-corrected chi connectivity index (χ3v) is 6.18. The van der Waals surface area contributed by atoms with Gasteiger partial charge < -0.3 is 19.7 Å². The SMILES string of the molecule is C[C@@H]1CCC2[C@]34OO[C@@](C)(CCC13)O[C@H]4O[C@H](O)[C@]2(C)O. The van der Waals surface area contributed by atoms with E-state index in [4.69, 9.17) is 19.2 Å². The van der Waals surface area contributed by atoms with Gasteiger partial charge in [-0.15, -0.1) is 0 Å². The second-order valence-corrected chi connectivity index (χ2v) is 7.57. The first-order valence-corrected chi connectivity index (χ1v) is 7.90. The molecule has 2 unspecified atom stereocenters. The summed E-state index contributed by atoms with van der Waals surface area (Å²) >= 11 is 0. The smallest absolute Gasteiger partial charge is 0.201 e. The molecule has 0 radical (unpaired) electrons. The Kier molecular flexibility index (Phi) is 2.86. The van der Waals surface area contributed by atoms with Crippen molar-refractivity contribution < 1.29 is 29.5 Å². The number of ether oxygens (including phenoxy) is 2. The van der Waals surface area contributed by atoms with Crippen molar-refractivity contribution in [2.45, 2.75) is 76.0 Å². The van der Waals surface area contributed by atoms with Crippen molar-refractivity contribution in [3.8, 4) is 0 Å². The van der Waals surface area contributed by atoms with Gasteiger partial charge in [-0.25, -0.2) is 9.78 Å². The Hall–Kier alpha value is -0.240. The minimum Gasteiger partial charge on any atom is -0.384 e. The highest BCUT2D eigenvalue weighted by Gasteiger charge is 2.72. The van der Waals surface area contributed by atoms with Gasteiger partial charge in [-0.1, -0.05) is 6.92 Å². The lowest BCUT2D eigenvalue weighted by atomic mass is 9.57. The molecule has 2 bridgehead atoms. The van der Waals surface area contributed by atoms with Gasteiger partial charge in [0, 0.05) is 12.3 Å². The Bertz CT molecular complexity index is 453. The first-order valence-electron chi connectivity index (χ1n) is 7.90. The molecular weight excluding hydrogens is 276 g/mol. The van der Waals surface area contributed by atoms with Gasteiger partial charge in [-0.2, -0.15) is 0 Å². The standard InChI is InChI=1S/C15H24O6/c1-8-4-5-10-14(3,17)11(16)18-12-15(10)9(8)6-7-13(2,19-12)20-21-15/h8-12,16-17H,4-7H2,1-3H3/t8-,9?,10?,11+,12-,13+,14-,15-/m1/s1. The molecule has 1 saturated carbocycles. The maximum absolute atomic E-state index is 10.8. The van der Waals surface area contributed by atoms with Crippen molar-refractivity contribution in [3.05, 3.63) is 0 Å². The van der Waals surface area contributed by atoms with Gasteiger partial charge in [-0.05, 0) is 44.9 Å². The average Bonchev–Trinajstić information content (AvgIpc) is 2.63. The van der Waals surface area contributed by atoms with E-state index in [0.29, 0.717) is 12.3 Å². The first kappa shape index (κ1) is 14.4. The Morgan fingerprint density at radius 2 is 1.86 bits per heavy atom. The van der Waals surface area contributed by atoms with Crippen LogP contribution in [0.1, 0.15) is 46.5 Å². The molecule has 5 fully saturated rings. The second-order valence-electron chi connectivity index (χ2n) is 7.57. The van der Waals surface area contributed by atoms with E-state index < -0.39 is 29.6 Å². The molecule has 4 aliphatic heterocycles. The Labute approximate surface area is 124 Å². The van der Waals surface area contributed by atoms with Crippen LogP contribution in [0.4, 0.5) is 0 Å². The molecule has 2 N–H and O–H groups in total. The lowest BCUT2D eigenvalue weighted by Crippen LogP contribution is -2.75. The fourth-order valence-corrected chi connectivity index (χ4v) is 4.89. The molecule has 5 aliphatic rings. The van der Waals surface area contributed by atoms with E-state index in [1.54, 1.807) is 6.92 Å². The summed E-state index contributed by atoms with van der Waals surface area (Å²) in [4.78, 5) is 11.5. The minimum absolute atomic E-state index is 0.185. The van der Waals surface area contributed by atoms with Crippen LogP contribution in [0.25, 0.3) is 0 Å². The van der Waals surface area contributed by atoms with Crippen LogP contribution in [0.3, 0.4) is 0 Å². The number of aliphatic hydroxyl groups is 2. The lowest BCUT2D eigenvalue weighted by molar-refractivity contribution is -0.583. The van der Waals surface area contributed by atoms with E-state index in [1.807, 2.05) is 6.92 Å². The van der Waals surface area contributed by atoms with Crippen molar-refractivity contribution in [3.63, 3.8) is 0 Å². The number of hydrogen-bond acceptors (Lipinski definition) is 6. The molecule has 1 aliphatic carbocycles. The molecule has 1 spiro atoms. The van der Waals surface area contributed by atoms with Gasteiger partial charge in [0.1, 0.15) is 5.60 Å². The van der Waals surface area contributed by atoms with Gasteiger partial charge in [0.15, 0.2) is 18.2 Å². The Balaban J connectivity index is 1.85. The summed E-state index contributed by atoms with van der Waals surface area (Å²) in [7, 11) is 0. The highest BCUT2D eigenvalue weighted by atomic mass is 17.3. The fourth-order valence-electron chi connectivity index (χ4n) is 4.89. The predicted molar refractivity (Wildman–Crippen MR) is 70.5 cm³/mol. The molecule has 0 aromatic heterocycles. The topological polar surface area (TPSA) is 77.4 Å². The average molecular weight is 300 g/mol. The molecule has 0 aromatic rings. The molecule has 0 amide bonds. The van der Waals surface area contributed by atoms with Crippen molar-refractivity contribution in [2.75, 3.05) is 0 Å². The molecule has 0 aromatic carbocycles. The zero-order chi connectivity index (χ0) is 15.0. The summed E-state index contributed by atoms with van der Waals surface area (Å²) in [5, 5.41) is 21.0. The molecule has 21 heavy (non-hydrogen) atoms. The third-order valence-electron chi connectivity index (χ3n) is 6.18. The first-order chi connectivity index (χ1) is 9.80. The van der Waals surface area contributed by atoms with Crippen LogP contribution in [-0.2, 0) is 19.2 Å². The summed E-state index contributed by atoms with van der Waals surface area (Å²) < 4.78 is 11.6. The summed E-state index contributed by atoms with van der Waals surface area (Å²) in [5.41, 5.74) is -2.21. The summed E-state index contributed by atoms with van der Waals surface area (Å²) in [6.45, 7) is 5.65. The van der Waals surface area contributed by atoms with Gasteiger partial charge in [-0.3, -0.25) is 0 Å². The van der Waals surface area contributed by atoms with Gasteiger partial charge in [0.25, 0.3) is 0 Å². The van der Waals surface area contributed by atoms with Crippen molar-refractivity contribution in [1.82, 2.24) is 0 Å².